The van der Waals surface area contributed by atoms with Crippen LogP contribution in [0.5, 0.6) is 0 Å². The summed E-state index contributed by atoms with van der Waals surface area (Å²) >= 11 is 5.70. The van der Waals surface area contributed by atoms with Crippen LogP contribution in [0.1, 0.15) is 102 Å². The molecular formula is C50H59ClN6O8. The molecule has 5 aliphatic rings. The second-order valence-electron chi connectivity index (χ2n) is 17.5. The van der Waals surface area contributed by atoms with Crippen LogP contribution in [0, 0.1) is 0 Å². The molecule has 3 saturated heterocycles. The third kappa shape index (κ3) is 10.9. The maximum absolute atomic E-state index is 13.4. The fraction of sp³-hybridized carbons (Fsp3) is 0.440. The number of hydrogen-bond donors (Lipinski definition) is 7. The summed E-state index contributed by atoms with van der Waals surface area (Å²) in [5, 5.41) is 43.8. The predicted octanol–water partition coefficient (Wildman–Crippen LogP) is 5.26. The fourth-order valence-electron chi connectivity index (χ4n) is 9.19. The zero-order valence-electron chi connectivity index (χ0n) is 36.6. The molecule has 0 bridgehead atoms. The Morgan fingerprint density at radius 1 is 0.508 bits per heavy atom. The molecule has 0 unspecified atom stereocenters. The van der Waals surface area contributed by atoms with Crippen molar-refractivity contribution >= 4 is 57.5 Å². The SMILES string of the molecule is O=C1c2ccccc2C(=O)c2c(NC[C@H](O)CN3CCCCC3)ccc(NC[C@H](O)CCl)c21.O=C1c2ccccc2C(=O)c2c(NC[C@H]3CO3)ccc(NC[C@H](O)CN3CCCCC3)c21. The molecule has 0 aromatic heterocycles. The van der Waals surface area contributed by atoms with Crippen LogP contribution in [0.3, 0.4) is 0 Å². The molecule has 3 heterocycles. The van der Waals surface area contributed by atoms with Crippen LogP contribution >= 0.6 is 11.6 Å². The molecule has 0 saturated carbocycles. The zero-order valence-corrected chi connectivity index (χ0v) is 37.4. The molecule has 3 aliphatic heterocycles. The van der Waals surface area contributed by atoms with Crippen molar-refractivity contribution in [2.24, 2.45) is 0 Å². The molecule has 344 valence electrons. The van der Waals surface area contributed by atoms with Crippen molar-refractivity contribution in [3.8, 4) is 0 Å². The van der Waals surface area contributed by atoms with Gasteiger partial charge >= 0.3 is 0 Å². The van der Waals surface area contributed by atoms with Gasteiger partial charge in [0.1, 0.15) is 0 Å². The summed E-state index contributed by atoms with van der Waals surface area (Å²) in [7, 11) is 0. The molecule has 7 N–H and O–H groups in total. The number of alkyl halides is 1. The number of anilines is 4. The van der Waals surface area contributed by atoms with E-state index in [0.29, 0.717) is 88.9 Å². The van der Waals surface area contributed by atoms with Crippen molar-refractivity contribution in [1.82, 2.24) is 9.80 Å². The van der Waals surface area contributed by atoms with Crippen molar-refractivity contribution in [2.75, 3.05) is 99.2 Å². The lowest BCUT2D eigenvalue weighted by atomic mass is 9.82. The Bertz CT molecular complexity index is 2380. The van der Waals surface area contributed by atoms with E-state index in [1.165, 1.54) is 25.7 Å². The summed E-state index contributed by atoms with van der Waals surface area (Å²) in [5.74, 6) is -0.767. The molecule has 4 aromatic rings. The Balaban J connectivity index is 0.000000177. The molecule has 9 rings (SSSR count). The van der Waals surface area contributed by atoms with Gasteiger partial charge in [-0.3, -0.25) is 19.2 Å². The van der Waals surface area contributed by atoms with Crippen LogP contribution in [-0.4, -0.2) is 151 Å². The minimum absolute atomic E-state index is 0.0550. The molecule has 0 radical (unpaired) electrons. The average Bonchev–Trinajstić information content (AvgIpc) is 4.17. The van der Waals surface area contributed by atoms with Gasteiger partial charge in [0.2, 0.25) is 0 Å². The van der Waals surface area contributed by atoms with Crippen LogP contribution in [0.15, 0.2) is 72.8 Å². The van der Waals surface area contributed by atoms with Crippen LogP contribution in [-0.2, 0) is 4.74 Å². The first-order valence-electron chi connectivity index (χ1n) is 22.9. The van der Waals surface area contributed by atoms with Gasteiger partial charge in [-0.1, -0.05) is 61.4 Å². The van der Waals surface area contributed by atoms with E-state index in [1.807, 2.05) is 12.1 Å². The first kappa shape index (κ1) is 46.3. The summed E-state index contributed by atoms with van der Waals surface area (Å²) in [4.78, 5) is 58.1. The number of benzene rings is 4. The Kier molecular flexibility index (Phi) is 15.3. The first-order valence-corrected chi connectivity index (χ1v) is 23.5. The second-order valence-corrected chi connectivity index (χ2v) is 17.9. The van der Waals surface area contributed by atoms with Crippen LogP contribution in [0.2, 0.25) is 0 Å². The second kappa shape index (κ2) is 21.4. The van der Waals surface area contributed by atoms with Gasteiger partial charge in [0.25, 0.3) is 0 Å². The number of β-amino-alcohol motifs (C(OH)–C–C–N with tert-alkyl or cyclic N) is 2. The van der Waals surface area contributed by atoms with E-state index in [9.17, 15) is 34.5 Å². The van der Waals surface area contributed by atoms with Crippen LogP contribution in [0.25, 0.3) is 0 Å². The van der Waals surface area contributed by atoms with E-state index in [2.05, 4.69) is 31.1 Å². The van der Waals surface area contributed by atoms with Gasteiger partial charge in [0.15, 0.2) is 23.1 Å². The largest absolute Gasteiger partial charge is 0.390 e. The van der Waals surface area contributed by atoms with Gasteiger partial charge in [-0.15, -0.1) is 11.6 Å². The Labute approximate surface area is 384 Å². The number of piperidine rings is 2. The molecular weight excluding hydrogens is 848 g/mol. The molecule has 4 atom stereocenters. The van der Waals surface area contributed by atoms with Crippen molar-refractivity contribution in [3.63, 3.8) is 0 Å². The lowest BCUT2D eigenvalue weighted by molar-refractivity contribution is 0.0979. The van der Waals surface area contributed by atoms with Crippen LogP contribution in [0.4, 0.5) is 22.7 Å². The normalized spacial score (nSPS) is 19.4. The van der Waals surface area contributed by atoms with Gasteiger partial charge in [-0.2, -0.15) is 0 Å². The standard InChI is InChI=1S/C25H30ClN3O4.C25H29N3O4/c26-12-16(30)13-27-20-8-9-21(28-14-17(31)15-29-10-4-1-5-11-29)23-22(20)24(32)18-6-2-3-7-19(18)25(23)33;29-16(14-28-10-4-1-5-11-28)12-26-20-8-9-21(27-13-17-15-32-17)23-22(20)24(30)18-6-2-3-7-19(18)25(23)31/h2-3,6-9,16-17,27-28,30-31H,1,4-5,10-15H2;2-3,6-9,16-17,26-27,29H,1,4-5,10-15H2/t16-,17+;16-,17-/m10/s1. The van der Waals surface area contributed by atoms with E-state index >= 15 is 0 Å². The number of aliphatic hydroxyl groups is 3. The van der Waals surface area contributed by atoms with E-state index < -0.39 is 18.3 Å². The Morgan fingerprint density at radius 2 is 0.831 bits per heavy atom. The van der Waals surface area contributed by atoms with Gasteiger partial charge in [0.05, 0.1) is 59.2 Å². The number of likely N-dealkylation sites (tertiary alicyclic amines) is 2. The maximum atomic E-state index is 13.4. The third-order valence-corrected chi connectivity index (χ3v) is 13.0. The summed E-state index contributed by atoms with van der Waals surface area (Å²) in [6, 6.07) is 20.8. The van der Waals surface area contributed by atoms with E-state index in [-0.39, 0.29) is 59.3 Å². The Morgan fingerprint density at radius 3 is 1.15 bits per heavy atom. The predicted molar refractivity (Wildman–Crippen MR) is 253 cm³/mol. The summed E-state index contributed by atoms with van der Waals surface area (Å²) in [5.41, 5.74) is 5.11. The topological polar surface area (TPSA) is 196 Å². The lowest BCUT2D eigenvalue weighted by Gasteiger charge is -2.29. The fourth-order valence-corrected chi connectivity index (χ4v) is 9.30. The number of epoxide rings is 1. The highest BCUT2D eigenvalue weighted by Crippen LogP contribution is 2.38. The molecule has 65 heavy (non-hydrogen) atoms. The molecule has 15 heteroatoms. The molecule has 3 fully saturated rings. The highest BCUT2D eigenvalue weighted by atomic mass is 35.5. The minimum atomic E-state index is -0.785. The molecule has 0 amide bonds. The molecule has 14 nitrogen and oxygen atoms in total. The summed E-state index contributed by atoms with van der Waals surface area (Å²) < 4.78 is 5.27. The Hall–Kier alpha value is -5.19. The van der Waals surface area contributed by atoms with Crippen molar-refractivity contribution in [1.29, 1.82) is 0 Å². The van der Waals surface area contributed by atoms with Crippen LogP contribution < -0.4 is 21.3 Å². The monoisotopic (exact) mass is 906 g/mol. The third-order valence-electron chi connectivity index (χ3n) is 12.7. The number of aliphatic hydroxyl groups excluding tert-OH is 3. The highest BCUT2D eigenvalue weighted by molar-refractivity contribution is 6.33. The number of ether oxygens (including phenoxy) is 1. The quantitative estimate of drug-likeness (QED) is 0.0463. The minimum Gasteiger partial charge on any atom is -0.390 e. The number of hydrogen-bond acceptors (Lipinski definition) is 14. The molecule has 0 spiro atoms. The van der Waals surface area contributed by atoms with Gasteiger partial charge in [-0.25, -0.2) is 0 Å². The van der Waals surface area contributed by atoms with Gasteiger partial charge < -0.3 is 51.1 Å². The smallest absolute Gasteiger partial charge is 0.196 e. The number of ketones is 4. The number of rotatable bonds is 17. The number of nitrogens with zero attached hydrogens (tertiary/aromatic N) is 2. The zero-order chi connectivity index (χ0) is 45.5. The number of nitrogens with one attached hydrogen (secondary N) is 4. The van der Waals surface area contributed by atoms with Gasteiger partial charge in [0, 0.05) is 84.3 Å². The van der Waals surface area contributed by atoms with Gasteiger partial charge in [-0.05, 0) is 76.1 Å². The lowest BCUT2D eigenvalue weighted by Crippen LogP contribution is -2.39. The number of fused-ring (bicyclic) bond motifs is 4. The number of carbonyl (C=O) groups is 4. The average molecular weight is 908 g/mol. The summed E-state index contributed by atoms with van der Waals surface area (Å²) in [6.45, 7) is 7.22. The summed E-state index contributed by atoms with van der Waals surface area (Å²) in [6.07, 6.45) is 5.33. The van der Waals surface area contributed by atoms with Crippen molar-refractivity contribution < 1.29 is 39.2 Å². The number of carbonyl (C=O) groups excluding carboxylic acids is 4. The molecule has 2 aliphatic carbocycles. The van der Waals surface area contributed by atoms with E-state index in [1.54, 1.807) is 60.7 Å². The maximum Gasteiger partial charge on any atom is 0.196 e. The number of halogens is 1. The van der Waals surface area contributed by atoms with Crippen molar-refractivity contribution in [2.45, 2.75) is 62.9 Å². The van der Waals surface area contributed by atoms with E-state index in [0.717, 1.165) is 39.0 Å². The van der Waals surface area contributed by atoms with E-state index in [4.69, 9.17) is 16.3 Å². The first-order chi connectivity index (χ1) is 31.6. The molecule has 4 aromatic carbocycles. The highest BCUT2D eigenvalue weighted by Gasteiger charge is 2.36. The van der Waals surface area contributed by atoms with Crippen molar-refractivity contribution in [3.05, 3.63) is 117 Å².